The number of unbranched alkanes of at least 4 members (excludes halogenated alkanes) is 11. The van der Waals surface area contributed by atoms with Crippen molar-refractivity contribution in [1.29, 1.82) is 0 Å². The molecule has 0 saturated heterocycles. The fourth-order valence-corrected chi connectivity index (χ4v) is 7.25. The van der Waals surface area contributed by atoms with Crippen molar-refractivity contribution in [2.24, 2.45) is 29.6 Å². The van der Waals surface area contributed by atoms with Crippen molar-refractivity contribution >= 4 is 18.2 Å². The second-order valence-corrected chi connectivity index (χ2v) is 18.4. The fraction of sp³-hybridized carbons (Fsp3) is 0.938. The minimum Gasteiger partial charge on any atom is -0.466 e. The van der Waals surface area contributed by atoms with Gasteiger partial charge in [0, 0.05) is 25.4 Å². The van der Waals surface area contributed by atoms with Gasteiger partial charge in [0.05, 0.1) is 13.2 Å². The third-order valence-corrected chi connectivity index (χ3v) is 11.2. The second-order valence-electron chi connectivity index (χ2n) is 18.4. The molecule has 4 atom stereocenters. The summed E-state index contributed by atoms with van der Waals surface area (Å²) in [6, 6.07) is 0. The van der Waals surface area contributed by atoms with Crippen molar-refractivity contribution in [3.05, 3.63) is 0 Å². The Morgan fingerprint density at radius 3 is 1.49 bits per heavy atom. The number of nitrogens with zero attached hydrogens (tertiary/aromatic N) is 1. The number of hydrogen-bond donors (Lipinski definition) is 0. The van der Waals surface area contributed by atoms with E-state index in [-0.39, 0.29) is 24.0 Å². The first kappa shape index (κ1) is 53.5. The fourth-order valence-electron chi connectivity index (χ4n) is 7.25. The highest BCUT2D eigenvalue weighted by atomic mass is 16.5. The van der Waals surface area contributed by atoms with E-state index in [1.807, 2.05) is 14.1 Å². The zero-order chi connectivity index (χ0) is 40.9. The van der Waals surface area contributed by atoms with Crippen molar-refractivity contribution < 1.29 is 28.6 Å². The van der Waals surface area contributed by atoms with Crippen LogP contribution in [0.15, 0.2) is 0 Å². The summed E-state index contributed by atoms with van der Waals surface area (Å²) in [5.41, 5.74) is 0. The molecule has 0 N–H and O–H groups in total. The summed E-state index contributed by atoms with van der Waals surface area (Å²) in [5, 5.41) is 0. The predicted molar refractivity (Wildman–Crippen MR) is 232 cm³/mol. The van der Waals surface area contributed by atoms with Gasteiger partial charge >= 0.3 is 11.9 Å². The molecule has 0 radical (unpaired) electrons. The molecule has 0 aromatic rings. The SMILES string of the molecule is CC(C)CCC[C@H](C)CCOCC(C=O)CCCCCCCCC(CCCCCCCCCC(=O)OCC[C@@H](C)CCCC(C)C)OC(=O)CCCN(C)C. The Morgan fingerprint density at radius 2 is 0.982 bits per heavy atom. The normalized spacial score (nSPS) is 14.0. The number of hydrogen-bond acceptors (Lipinski definition) is 7. The largest absolute Gasteiger partial charge is 0.466 e. The molecule has 55 heavy (non-hydrogen) atoms. The average molecular weight is 780 g/mol. The van der Waals surface area contributed by atoms with E-state index in [0.717, 1.165) is 128 Å². The third-order valence-electron chi connectivity index (χ3n) is 11.2. The van der Waals surface area contributed by atoms with Crippen LogP contribution in [0.25, 0.3) is 0 Å². The summed E-state index contributed by atoms with van der Waals surface area (Å²) in [5.74, 6) is 2.79. The highest BCUT2D eigenvalue weighted by Gasteiger charge is 2.15. The molecule has 0 fully saturated rings. The Morgan fingerprint density at radius 1 is 0.509 bits per heavy atom. The standard InChI is InChI=1S/C48H93NO6/c1-41(2)25-22-27-43(5)34-37-53-40-45(39-50)29-18-14-12-13-16-20-31-46(55-48(52)33-24-36-49(7)8)30-19-15-10-9-11-17-21-32-47(51)54-38-35-44(6)28-23-26-42(3)4/h39,41-46H,9-38,40H2,1-8H3/t43-,44-,45?,46?/m0/s1. The van der Waals surface area contributed by atoms with Gasteiger partial charge in [-0.05, 0) is 102 Å². The smallest absolute Gasteiger partial charge is 0.306 e. The molecule has 0 aliphatic rings. The number of ether oxygens (including phenoxy) is 3. The molecule has 0 aliphatic carbocycles. The van der Waals surface area contributed by atoms with Crippen LogP contribution in [0.2, 0.25) is 0 Å². The molecule has 2 unspecified atom stereocenters. The van der Waals surface area contributed by atoms with Gasteiger partial charge in [-0.1, -0.05) is 144 Å². The third kappa shape index (κ3) is 39.2. The van der Waals surface area contributed by atoms with E-state index in [1.54, 1.807) is 0 Å². The molecule has 7 heteroatoms. The Kier molecular flexibility index (Phi) is 37.1. The average Bonchev–Trinajstić information content (AvgIpc) is 3.12. The molecule has 0 aromatic carbocycles. The first-order chi connectivity index (χ1) is 26.4. The first-order valence-electron chi connectivity index (χ1n) is 23.5. The second kappa shape index (κ2) is 38.1. The maximum Gasteiger partial charge on any atom is 0.306 e. The van der Waals surface area contributed by atoms with Gasteiger partial charge in [-0.15, -0.1) is 0 Å². The number of carbonyl (C=O) groups is 3. The van der Waals surface area contributed by atoms with Gasteiger partial charge in [0.15, 0.2) is 0 Å². The monoisotopic (exact) mass is 780 g/mol. The van der Waals surface area contributed by atoms with Gasteiger partial charge in [0.2, 0.25) is 0 Å². The zero-order valence-corrected chi connectivity index (χ0v) is 37.9. The van der Waals surface area contributed by atoms with E-state index in [0.29, 0.717) is 37.9 Å². The van der Waals surface area contributed by atoms with Crippen LogP contribution in [0.3, 0.4) is 0 Å². The van der Waals surface area contributed by atoms with Gasteiger partial charge in [0.1, 0.15) is 12.4 Å². The molecule has 0 bridgehead atoms. The molecule has 0 spiro atoms. The molecule has 0 saturated carbocycles. The Labute approximate surface area is 341 Å². The van der Waals surface area contributed by atoms with E-state index in [4.69, 9.17) is 14.2 Å². The number of esters is 2. The van der Waals surface area contributed by atoms with E-state index in [9.17, 15) is 14.4 Å². The predicted octanol–water partition coefficient (Wildman–Crippen LogP) is 13.0. The number of aldehydes is 1. The number of carbonyl (C=O) groups excluding carboxylic acids is 3. The molecule has 0 amide bonds. The van der Waals surface area contributed by atoms with Crippen molar-refractivity contribution in [2.75, 3.05) is 40.5 Å². The molecule has 0 aromatic heterocycles. The summed E-state index contributed by atoms with van der Waals surface area (Å²) in [4.78, 5) is 38.4. The van der Waals surface area contributed by atoms with Crippen LogP contribution in [-0.4, -0.2) is 69.7 Å². The van der Waals surface area contributed by atoms with E-state index in [1.165, 1.54) is 64.2 Å². The summed E-state index contributed by atoms with van der Waals surface area (Å²) in [7, 11) is 4.07. The summed E-state index contributed by atoms with van der Waals surface area (Å²) in [6.07, 6.45) is 30.2. The van der Waals surface area contributed by atoms with Gasteiger partial charge in [0.25, 0.3) is 0 Å². The lowest BCUT2D eigenvalue weighted by molar-refractivity contribution is -0.150. The minimum atomic E-state index is -0.0496. The van der Waals surface area contributed by atoms with Crippen molar-refractivity contribution in [2.45, 2.75) is 221 Å². The van der Waals surface area contributed by atoms with Crippen LogP contribution in [-0.2, 0) is 28.6 Å². The summed E-state index contributed by atoms with van der Waals surface area (Å²) >= 11 is 0. The first-order valence-corrected chi connectivity index (χ1v) is 23.5. The number of rotatable bonds is 41. The molecule has 0 aliphatic heterocycles. The molecule has 7 nitrogen and oxygen atoms in total. The maximum absolute atomic E-state index is 12.6. The van der Waals surface area contributed by atoms with Gasteiger partial charge in [-0.3, -0.25) is 9.59 Å². The van der Waals surface area contributed by atoms with E-state index in [2.05, 4.69) is 46.4 Å². The molecular weight excluding hydrogens is 687 g/mol. The van der Waals surface area contributed by atoms with Crippen molar-refractivity contribution in [3.8, 4) is 0 Å². The highest BCUT2D eigenvalue weighted by Crippen LogP contribution is 2.20. The maximum atomic E-state index is 12.6. The van der Waals surface area contributed by atoms with Crippen LogP contribution >= 0.6 is 0 Å². The topological polar surface area (TPSA) is 82.1 Å². The van der Waals surface area contributed by atoms with Gasteiger partial charge in [-0.25, -0.2) is 0 Å². The molecule has 0 rings (SSSR count). The lowest BCUT2D eigenvalue weighted by atomic mass is 9.97. The summed E-state index contributed by atoms with van der Waals surface area (Å²) in [6.45, 7) is 16.5. The Bertz CT molecular complexity index is 876. The quantitative estimate of drug-likeness (QED) is 0.0347. The molecule has 326 valence electrons. The van der Waals surface area contributed by atoms with E-state index >= 15 is 0 Å². The molecule has 0 heterocycles. The lowest BCUT2D eigenvalue weighted by Crippen LogP contribution is -2.20. The van der Waals surface area contributed by atoms with Crippen LogP contribution in [0.4, 0.5) is 0 Å². The summed E-state index contributed by atoms with van der Waals surface area (Å²) < 4.78 is 17.4. The zero-order valence-electron chi connectivity index (χ0n) is 37.9. The highest BCUT2D eigenvalue weighted by molar-refractivity contribution is 5.69. The van der Waals surface area contributed by atoms with Crippen molar-refractivity contribution in [1.82, 2.24) is 4.90 Å². The van der Waals surface area contributed by atoms with Gasteiger partial charge in [-0.2, -0.15) is 0 Å². The van der Waals surface area contributed by atoms with Gasteiger partial charge < -0.3 is 23.9 Å². The minimum absolute atomic E-state index is 0.0214. The van der Waals surface area contributed by atoms with Crippen molar-refractivity contribution in [3.63, 3.8) is 0 Å². The van der Waals surface area contributed by atoms with Crippen LogP contribution < -0.4 is 0 Å². The van der Waals surface area contributed by atoms with Crippen LogP contribution in [0, 0.1) is 29.6 Å². The Balaban J connectivity index is 4.14. The molecular formula is C48H93NO6. The Hall–Kier alpha value is -1.47. The van der Waals surface area contributed by atoms with Crippen LogP contribution in [0.5, 0.6) is 0 Å². The van der Waals surface area contributed by atoms with E-state index < -0.39 is 0 Å². The van der Waals surface area contributed by atoms with Crippen LogP contribution in [0.1, 0.15) is 215 Å². The lowest BCUT2D eigenvalue weighted by Gasteiger charge is -2.18.